The fourth-order valence-electron chi connectivity index (χ4n) is 1.42. The number of hydrogen-bond donors (Lipinski definition) is 2. The summed E-state index contributed by atoms with van der Waals surface area (Å²) in [5.74, 6) is -0.0663. The topological polar surface area (TPSA) is 68.0 Å². The fraction of sp³-hybridized carbons (Fsp3) is 0.333. The first-order chi connectivity index (χ1) is 8.08. The Labute approximate surface area is 104 Å². The Hall–Kier alpha value is -1.46. The molecule has 1 heterocycles. The number of amides is 1. The van der Waals surface area contributed by atoms with Gasteiger partial charge in [0.25, 0.3) is 0 Å². The van der Waals surface area contributed by atoms with E-state index in [0.29, 0.717) is 5.13 Å². The van der Waals surface area contributed by atoms with E-state index in [9.17, 15) is 4.79 Å². The van der Waals surface area contributed by atoms with Crippen LogP contribution in [0.5, 0.6) is 0 Å². The van der Waals surface area contributed by atoms with Crippen molar-refractivity contribution in [1.29, 1.82) is 0 Å². The van der Waals surface area contributed by atoms with Crippen LogP contribution in [0.2, 0.25) is 0 Å². The van der Waals surface area contributed by atoms with Crippen LogP contribution in [0.3, 0.4) is 0 Å². The highest BCUT2D eigenvalue weighted by atomic mass is 32.1. The van der Waals surface area contributed by atoms with E-state index in [1.807, 2.05) is 38.1 Å². The van der Waals surface area contributed by atoms with E-state index in [1.54, 1.807) is 0 Å². The molecule has 0 saturated carbocycles. The van der Waals surface area contributed by atoms with Gasteiger partial charge in [0.2, 0.25) is 5.91 Å². The van der Waals surface area contributed by atoms with E-state index in [2.05, 4.69) is 10.3 Å². The third-order valence-electron chi connectivity index (χ3n) is 2.55. The lowest BCUT2D eigenvalue weighted by atomic mass is 10.1. The second-order valence-corrected chi connectivity index (χ2v) is 5.28. The first kappa shape index (κ1) is 12.0. The third-order valence-corrected chi connectivity index (χ3v) is 3.50. The predicted octanol–water partition coefficient (Wildman–Crippen LogP) is 2.22. The molecule has 90 valence electrons. The molecule has 2 aromatic rings. The molecule has 0 bridgehead atoms. The summed E-state index contributed by atoms with van der Waals surface area (Å²) in [6.45, 7) is 3.84. The molecule has 17 heavy (non-hydrogen) atoms. The van der Waals surface area contributed by atoms with Crippen molar-refractivity contribution in [3.63, 3.8) is 0 Å². The minimum atomic E-state index is -0.498. The van der Waals surface area contributed by atoms with Crippen LogP contribution in [-0.2, 0) is 4.79 Å². The quantitative estimate of drug-likeness (QED) is 0.876. The van der Waals surface area contributed by atoms with Gasteiger partial charge in [-0.3, -0.25) is 4.79 Å². The van der Waals surface area contributed by atoms with Gasteiger partial charge in [-0.2, -0.15) is 0 Å². The SMILES string of the molecule is CC(C)[C@@H](N)C(=O)Nc1nc2ccccc2s1. The third kappa shape index (κ3) is 2.62. The molecule has 1 atom stereocenters. The van der Waals surface area contributed by atoms with Gasteiger partial charge in [0.05, 0.1) is 16.3 Å². The average Bonchev–Trinajstić information content (AvgIpc) is 2.69. The largest absolute Gasteiger partial charge is 0.320 e. The van der Waals surface area contributed by atoms with Crippen LogP contribution >= 0.6 is 11.3 Å². The van der Waals surface area contributed by atoms with Crippen molar-refractivity contribution in [3.05, 3.63) is 24.3 Å². The summed E-state index contributed by atoms with van der Waals surface area (Å²) >= 11 is 1.46. The predicted molar refractivity (Wildman–Crippen MR) is 71.1 cm³/mol. The lowest BCUT2D eigenvalue weighted by molar-refractivity contribution is -0.118. The second-order valence-electron chi connectivity index (χ2n) is 4.25. The number of anilines is 1. The minimum absolute atomic E-state index is 0.115. The van der Waals surface area contributed by atoms with Crippen molar-refractivity contribution < 1.29 is 4.79 Å². The van der Waals surface area contributed by atoms with E-state index >= 15 is 0 Å². The van der Waals surface area contributed by atoms with Gasteiger partial charge in [-0.15, -0.1) is 0 Å². The lowest BCUT2D eigenvalue weighted by Gasteiger charge is -2.13. The van der Waals surface area contributed by atoms with Crippen molar-refractivity contribution in [3.8, 4) is 0 Å². The molecule has 0 unspecified atom stereocenters. The molecule has 2 rings (SSSR count). The molecule has 0 aliphatic heterocycles. The van der Waals surface area contributed by atoms with Crippen molar-refractivity contribution in [2.24, 2.45) is 11.7 Å². The molecular weight excluding hydrogens is 234 g/mol. The van der Waals surface area contributed by atoms with Gasteiger partial charge >= 0.3 is 0 Å². The summed E-state index contributed by atoms with van der Waals surface area (Å²) in [6, 6.07) is 7.27. The van der Waals surface area contributed by atoms with Gasteiger partial charge in [0.15, 0.2) is 5.13 Å². The number of carbonyl (C=O) groups is 1. The van der Waals surface area contributed by atoms with Gasteiger partial charge < -0.3 is 11.1 Å². The Bertz CT molecular complexity index is 502. The zero-order chi connectivity index (χ0) is 12.4. The van der Waals surface area contributed by atoms with Crippen LogP contribution in [0.15, 0.2) is 24.3 Å². The summed E-state index contributed by atoms with van der Waals surface area (Å²) in [4.78, 5) is 16.1. The molecule has 0 saturated heterocycles. The number of carbonyl (C=O) groups excluding carboxylic acids is 1. The Balaban J connectivity index is 2.16. The highest BCUT2D eigenvalue weighted by molar-refractivity contribution is 7.22. The zero-order valence-electron chi connectivity index (χ0n) is 9.81. The minimum Gasteiger partial charge on any atom is -0.320 e. The van der Waals surface area contributed by atoms with Gasteiger partial charge in [0, 0.05) is 0 Å². The van der Waals surface area contributed by atoms with Crippen LogP contribution < -0.4 is 11.1 Å². The number of nitrogens with one attached hydrogen (secondary N) is 1. The zero-order valence-corrected chi connectivity index (χ0v) is 10.6. The van der Waals surface area contributed by atoms with E-state index in [4.69, 9.17) is 5.73 Å². The van der Waals surface area contributed by atoms with Crippen LogP contribution in [-0.4, -0.2) is 16.9 Å². The van der Waals surface area contributed by atoms with Crippen molar-refractivity contribution in [2.75, 3.05) is 5.32 Å². The molecule has 0 aliphatic rings. The van der Waals surface area contributed by atoms with E-state index in [-0.39, 0.29) is 11.8 Å². The molecule has 1 aromatic carbocycles. The normalized spacial score (nSPS) is 12.9. The maximum Gasteiger partial charge on any atom is 0.243 e. The monoisotopic (exact) mass is 249 g/mol. The van der Waals surface area contributed by atoms with Gasteiger partial charge in [-0.05, 0) is 18.1 Å². The number of aromatic nitrogens is 1. The standard InChI is InChI=1S/C12H15N3OS/c1-7(2)10(13)11(16)15-12-14-8-5-3-4-6-9(8)17-12/h3-7,10H,13H2,1-2H3,(H,14,15,16)/t10-/m1/s1. The van der Waals surface area contributed by atoms with Crippen LogP contribution in [0, 0.1) is 5.92 Å². The summed E-state index contributed by atoms with van der Waals surface area (Å²) in [6.07, 6.45) is 0. The summed E-state index contributed by atoms with van der Waals surface area (Å²) in [5, 5.41) is 3.36. The highest BCUT2D eigenvalue weighted by Crippen LogP contribution is 2.25. The van der Waals surface area contributed by atoms with Crippen LogP contribution in [0.4, 0.5) is 5.13 Å². The molecular formula is C12H15N3OS. The second kappa shape index (κ2) is 4.81. The molecule has 0 spiro atoms. The first-order valence-corrected chi connectivity index (χ1v) is 6.31. The van der Waals surface area contributed by atoms with Gasteiger partial charge in [-0.25, -0.2) is 4.98 Å². The average molecular weight is 249 g/mol. The van der Waals surface area contributed by atoms with E-state index < -0.39 is 6.04 Å². The number of thiazole rings is 1. The molecule has 5 heteroatoms. The Kier molecular flexibility index (Phi) is 3.40. The van der Waals surface area contributed by atoms with E-state index in [0.717, 1.165) is 10.2 Å². The first-order valence-electron chi connectivity index (χ1n) is 5.50. The molecule has 3 N–H and O–H groups in total. The summed E-state index contributed by atoms with van der Waals surface area (Å²) in [7, 11) is 0. The number of benzene rings is 1. The maximum absolute atomic E-state index is 11.8. The molecule has 0 fully saturated rings. The van der Waals surface area contributed by atoms with Crippen LogP contribution in [0.25, 0.3) is 10.2 Å². The number of para-hydroxylation sites is 1. The Morgan fingerprint density at radius 2 is 2.12 bits per heavy atom. The Morgan fingerprint density at radius 1 is 1.41 bits per heavy atom. The van der Waals surface area contributed by atoms with Gasteiger partial charge in [-0.1, -0.05) is 37.3 Å². The molecule has 1 amide bonds. The molecule has 0 radical (unpaired) electrons. The van der Waals surface area contributed by atoms with E-state index in [1.165, 1.54) is 11.3 Å². The van der Waals surface area contributed by atoms with Gasteiger partial charge in [0.1, 0.15) is 0 Å². The Morgan fingerprint density at radius 3 is 2.76 bits per heavy atom. The number of rotatable bonds is 3. The summed E-state index contributed by atoms with van der Waals surface area (Å²) < 4.78 is 1.06. The van der Waals surface area contributed by atoms with Crippen molar-refractivity contribution in [1.82, 2.24) is 4.98 Å². The van der Waals surface area contributed by atoms with Crippen LogP contribution in [0.1, 0.15) is 13.8 Å². The van der Waals surface area contributed by atoms with Crippen molar-refractivity contribution >= 4 is 32.6 Å². The number of hydrogen-bond acceptors (Lipinski definition) is 4. The maximum atomic E-state index is 11.8. The summed E-state index contributed by atoms with van der Waals surface area (Å²) in [5.41, 5.74) is 6.66. The number of nitrogens with two attached hydrogens (primary N) is 1. The molecule has 1 aromatic heterocycles. The number of nitrogens with zero attached hydrogens (tertiary/aromatic N) is 1. The smallest absolute Gasteiger partial charge is 0.243 e. The van der Waals surface area contributed by atoms with Crippen molar-refractivity contribution in [2.45, 2.75) is 19.9 Å². The number of fused-ring (bicyclic) bond motifs is 1. The molecule has 4 nitrogen and oxygen atoms in total. The fourth-order valence-corrected chi connectivity index (χ4v) is 2.29. The molecule has 0 aliphatic carbocycles. The lowest BCUT2D eigenvalue weighted by Crippen LogP contribution is -2.39. The highest BCUT2D eigenvalue weighted by Gasteiger charge is 2.18.